The number of H-pyrrole nitrogens is 1. The van der Waals surface area contributed by atoms with Crippen molar-refractivity contribution in [2.75, 3.05) is 13.1 Å². The summed E-state index contributed by atoms with van der Waals surface area (Å²) in [7, 11) is 0. The highest BCUT2D eigenvalue weighted by molar-refractivity contribution is 6.02. The molecule has 105 heavy (non-hydrogen) atoms. The monoisotopic (exact) mass is 1490 g/mol. The van der Waals surface area contributed by atoms with E-state index >= 15 is 0 Å². The van der Waals surface area contributed by atoms with Gasteiger partial charge < -0.3 is 124 Å². The average Bonchev–Trinajstić information content (AvgIpc) is 1.66. The Kier molecular flexibility index (Phi) is 38.8. The number of amides is 15. The van der Waals surface area contributed by atoms with E-state index in [1.807, 2.05) is 0 Å². The van der Waals surface area contributed by atoms with Crippen LogP contribution in [-0.4, -0.2) is 230 Å². The van der Waals surface area contributed by atoms with Crippen LogP contribution in [0.15, 0.2) is 30.5 Å². The van der Waals surface area contributed by atoms with E-state index in [9.17, 15) is 107 Å². The number of aromatic amines is 1. The molecule has 1 heterocycles. The molecule has 0 saturated carbocycles. The lowest BCUT2D eigenvalue weighted by atomic mass is 10.0. The molecule has 0 spiro atoms. The van der Waals surface area contributed by atoms with Gasteiger partial charge in [0, 0.05) is 36.4 Å². The second-order valence-electron chi connectivity index (χ2n) is 25.5. The van der Waals surface area contributed by atoms with E-state index < -0.39 is 236 Å². The molecule has 2 rings (SSSR count). The number of carbonyl (C=O) groups is 18. The Bertz CT molecular complexity index is 3420. The van der Waals surface area contributed by atoms with Gasteiger partial charge in [-0.2, -0.15) is 0 Å². The van der Waals surface area contributed by atoms with Crippen LogP contribution in [0.4, 0.5) is 0 Å². The first-order valence-electron chi connectivity index (χ1n) is 33.7. The van der Waals surface area contributed by atoms with Crippen LogP contribution in [0, 0.1) is 5.92 Å². The van der Waals surface area contributed by atoms with Gasteiger partial charge in [0.05, 0.1) is 31.4 Å². The molecule has 0 saturated heterocycles. The third kappa shape index (κ3) is 32.9. The first-order chi connectivity index (χ1) is 49.2. The van der Waals surface area contributed by atoms with Crippen molar-refractivity contribution in [3.05, 3.63) is 36.0 Å². The van der Waals surface area contributed by atoms with Crippen LogP contribution < -0.4 is 98.2 Å². The van der Waals surface area contributed by atoms with Crippen molar-refractivity contribution in [1.29, 1.82) is 0 Å². The SMILES string of the molecule is CC(C)C[C@H](NC(=O)[C@H](C)NC(=O)[C@H](CCCCN)NC(=O)[C@@H](N)CCCCN)C(=O)N[C@H](C(=O)N[C@@H](CC(N)=O)C(=O)N[C@@H](CCC(=O)O)C(=O)N[C@@H](C)C(=O)N[C@@H](CCC(=O)O)C(=O)N[C@@H](CC(N)=O)C(=O)N[C@@H](Cc1c[nH]c2ccccc12)C(=O)N[C@@H](C)C(=O)N[C@@H](CC(=O)O)C(N)=O)[C@@H](C)O. The van der Waals surface area contributed by atoms with Crippen LogP contribution in [0.3, 0.4) is 0 Å². The van der Waals surface area contributed by atoms with Gasteiger partial charge in [0.15, 0.2) is 0 Å². The molecule has 2 aromatic rings. The summed E-state index contributed by atoms with van der Waals surface area (Å²) in [4.78, 5) is 240. The number of hydrogen-bond acceptors (Lipinski definition) is 22. The summed E-state index contributed by atoms with van der Waals surface area (Å²) in [6, 6.07) is -14.9. The molecule has 0 fully saturated rings. The molecule has 15 amide bonds. The number of primary amides is 3. The molecule has 41 heteroatoms. The molecule has 0 radical (unpaired) electrons. The number of carboxylic acid groups (broad SMARTS) is 3. The van der Waals surface area contributed by atoms with Crippen molar-refractivity contribution in [3.63, 3.8) is 0 Å². The number of nitrogens with two attached hydrogens (primary N) is 6. The number of carboxylic acids is 3. The number of carbonyl (C=O) groups excluding carboxylic acids is 15. The number of fused-ring (bicyclic) bond motifs is 1. The predicted molar refractivity (Wildman–Crippen MR) is 370 cm³/mol. The minimum Gasteiger partial charge on any atom is -0.481 e. The summed E-state index contributed by atoms with van der Waals surface area (Å²) in [5.74, 6) is -22.1. The fourth-order valence-electron chi connectivity index (χ4n) is 10.2. The van der Waals surface area contributed by atoms with E-state index in [2.05, 4.69) is 68.8 Å². The maximum absolute atomic E-state index is 14.2. The van der Waals surface area contributed by atoms with Gasteiger partial charge in [-0.25, -0.2) is 0 Å². The third-order valence-electron chi connectivity index (χ3n) is 16.0. The summed E-state index contributed by atoms with van der Waals surface area (Å²) >= 11 is 0. The molecule has 0 unspecified atom stereocenters. The van der Waals surface area contributed by atoms with E-state index in [0.29, 0.717) is 48.7 Å². The molecule has 29 N–H and O–H groups in total. The highest BCUT2D eigenvalue weighted by Crippen LogP contribution is 2.20. The molecule has 0 aliphatic rings. The maximum atomic E-state index is 14.2. The van der Waals surface area contributed by atoms with Gasteiger partial charge in [0.2, 0.25) is 88.6 Å². The largest absolute Gasteiger partial charge is 0.481 e. The van der Waals surface area contributed by atoms with Gasteiger partial charge in [0.25, 0.3) is 0 Å². The Hall–Kier alpha value is -10.9. The molecule has 1 aromatic heterocycles. The lowest BCUT2D eigenvalue weighted by molar-refractivity contribution is -0.141. The minimum atomic E-state index is -2.06. The molecule has 41 nitrogen and oxygen atoms in total. The van der Waals surface area contributed by atoms with Gasteiger partial charge in [-0.05, 0) is 110 Å². The summed E-state index contributed by atoms with van der Waals surface area (Å²) in [6.45, 7) is 8.52. The zero-order valence-corrected chi connectivity index (χ0v) is 59.2. The maximum Gasteiger partial charge on any atom is 0.305 e. The van der Waals surface area contributed by atoms with Gasteiger partial charge in [0.1, 0.15) is 72.5 Å². The number of rotatable bonds is 50. The summed E-state index contributed by atoms with van der Waals surface area (Å²) in [5.41, 5.74) is 34.4. The van der Waals surface area contributed by atoms with E-state index in [1.54, 1.807) is 38.1 Å². The van der Waals surface area contributed by atoms with Crippen molar-refractivity contribution in [3.8, 4) is 0 Å². The molecular weight excluding hydrogens is 1390 g/mol. The number of para-hydroxylation sites is 1. The third-order valence-corrected chi connectivity index (χ3v) is 16.0. The van der Waals surface area contributed by atoms with Crippen LogP contribution in [0.5, 0.6) is 0 Å². The van der Waals surface area contributed by atoms with E-state index in [1.165, 1.54) is 13.1 Å². The van der Waals surface area contributed by atoms with Crippen molar-refractivity contribution >= 4 is 117 Å². The lowest BCUT2D eigenvalue weighted by Gasteiger charge is -2.28. The zero-order chi connectivity index (χ0) is 79.5. The second-order valence-corrected chi connectivity index (χ2v) is 25.5. The predicted octanol–water partition coefficient (Wildman–Crippen LogP) is -7.96. The smallest absolute Gasteiger partial charge is 0.305 e. The number of benzene rings is 1. The van der Waals surface area contributed by atoms with Crippen LogP contribution in [0.2, 0.25) is 0 Å². The Morgan fingerprint density at radius 3 is 1.24 bits per heavy atom. The normalized spacial score (nSPS) is 15.1. The highest BCUT2D eigenvalue weighted by atomic mass is 16.4. The van der Waals surface area contributed by atoms with E-state index in [-0.39, 0.29) is 38.1 Å². The van der Waals surface area contributed by atoms with Crippen molar-refractivity contribution < 1.29 is 107 Å². The number of aromatic nitrogens is 1. The van der Waals surface area contributed by atoms with Crippen molar-refractivity contribution in [1.82, 2.24) is 68.8 Å². The van der Waals surface area contributed by atoms with Crippen LogP contribution in [0.1, 0.15) is 137 Å². The zero-order valence-electron chi connectivity index (χ0n) is 59.2. The fourth-order valence-corrected chi connectivity index (χ4v) is 10.2. The number of aliphatic hydroxyl groups excluding tert-OH is 1. The van der Waals surface area contributed by atoms with Crippen LogP contribution in [-0.2, 0) is 92.7 Å². The van der Waals surface area contributed by atoms with E-state index in [4.69, 9.17) is 34.4 Å². The quantitative estimate of drug-likeness (QED) is 0.0274. The number of unbranched alkanes of at least 4 members (excludes halogenated alkanes) is 2. The summed E-state index contributed by atoms with van der Waals surface area (Å²) < 4.78 is 0. The highest BCUT2D eigenvalue weighted by Gasteiger charge is 2.38. The second kappa shape index (κ2) is 45.2. The van der Waals surface area contributed by atoms with Gasteiger partial charge in [-0.1, -0.05) is 38.5 Å². The number of aliphatic hydroxyl groups is 1. The standard InChI is InChI=1S/C64H101N19O22/c1-29(2)23-42(79-55(96)32(5)72-57(98)38(16-10-12-22-66)76-56(97)36(67)14-9-11-21-65)63(104)83-51(33(6)84)64(105)82-45(26-47(69)86)61(102)77-39(17-19-48(87)88)58(99)73-30(3)53(94)75-40(18-20-49(89)90)59(100)81-44(25-46(68)85)62(103)80-43(24-34-28-71-37-15-8-7-13-35(34)37)60(101)74-31(4)54(95)78-41(52(70)93)27-50(91)92/h7-8,13,15,28-33,36,38-45,51,71,84H,9-12,14,16-27,65-67H2,1-6H3,(H2,68,85)(H2,69,86)(H2,70,93)(H,72,98)(H,73,99)(H,74,101)(H,75,94)(H,76,97)(H,77,102)(H,78,95)(H,79,96)(H,80,103)(H,81,100)(H,82,105)(H,83,104)(H,87,88)(H,89,90)(H,91,92)/t30-,31-,32-,33+,36-,38-,39-,40-,41-,42-,43-,44-,45-,51-/m0/s1. The van der Waals surface area contributed by atoms with E-state index in [0.717, 1.165) is 20.8 Å². The Morgan fingerprint density at radius 1 is 0.410 bits per heavy atom. The Balaban J connectivity index is 2.40. The molecule has 0 aliphatic heterocycles. The molecule has 1 aromatic carbocycles. The van der Waals surface area contributed by atoms with Gasteiger partial charge >= 0.3 is 17.9 Å². The average molecular weight is 1490 g/mol. The minimum absolute atomic E-state index is 0.100. The molecule has 14 atom stereocenters. The molecular formula is C64H101N19O22. The van der Waals surface area contributed by atoms with Gasteiger partial charge in [-0.3, -0.25) is 86.3 Å². The number of nitrogens with one attached hydrogen (secondary N) is 13. The van der Waals surface area contributed by atoms with Crippen LogP contribution >= 0.6 is 0 Å². The number of aliphatic carboxylic acids is 3. The summed E-state index contributed by atoms with van der Waals surface area (Å²) in [5, 5.41) is 67.4. The Morgan fingerprint density at radius 2 is 0.790 bits per heavy atom. The molecule has 584 valence electrons. The first kappa shape index (κ1) is 90.1. The van der Waals surface area contributed by atoms with Crippen LogP contribution in [0.25, 0.3) is 10.9 Å². The van der Waals surface area contributed by atoms with Gasteiger partial charge in [-0.15, -0.1) is 0 Å². The Labute approximate surface area is 602 Å². The van der Waals surface area contributed by atoms with Crippen molar-refractivity contribution in [2.24, 2.45) is 40.3 Å². The van der Waals surface area contributed by atoms with Crippen molar-refractivity contribution in [2.45, 2.75) is 223 Å². The topological polar surface area (TPSA) is 704 Å². The molecule has 0 bridgehead atoms. The summed E-state index contributed by atoms with van der Waals surface area (Å²) in [6.07, 6.45) is -4.47. The number of hydrogen-bond donors (Lipinski definition) is 23. The fraction of sp³-hybridized carbons (Fsp3) is 0.594. The lowest BCUT2D eigenvalue weighted by Crippen LogP contribution is -2.62. The first-order valence-corrected chi connectivity index (χ1v) is 33.7. The molecule has 0 aliphatic carbocycles.